The van der Waals surface area contributed by atoms with E-state index in [1.807, 2.05) is 43.3 Å². The van der Waals surface area contributed by atoms with E-state index < -0.39 is 6.09 Å². The van der Waals surface area contributed by atoms with E-state index in [1.165, 1.54) is 0 Å². The first-order chi connectivity index (χ1) is 13.0. The summed E-state index contributed by atoms with van der Waals surface area (Å²) in [5, 5.41) is 1.80. The third-order valence-electron chi connectivity index (χ3n) is 4.87. The van der Waals surface area contributed by atoms with E-state index in [4.69, 9.17) is 16.3 Å². The van der Waals surface area contributed by atoms with Crippen LogP contribution in [0.4, 0.5) is 10.5 Å². The van der Waals surface area contributed by atoms with E-state index in [1.54, 1.807) is 22.9 Å². The highest BCUT2D eigenvalue weighted by atomic mass is 35.5. The zero-order valence-corrected chi connectivity index (χ0v) is 16.6. The van der Waals surface area contributed by atoms with Crippen molar-refractivity contribution in [3.8, 4) is 5.75 Å². The van der Waals surface area contributed by atoms with Gasteiger partial charge in [0.15, 0.2) is 0 Å². The molecule has 1 atom stereocenters. The molecule has 7 heteroatoms. The Kier molecular flexibility index (Phi) is 5.87. The van der Waals surface area contributed by atoms with Gasteiger partial charge in [-0.25, -0.2) is 4.79 Å². The van der Waals surface area contributed by atoms with Crippen molar-refractivity contribution in [3.05, 3.63) is 35.9 Å². The van der Waals surface area contributed by atoms with Crippen LogP contribution in [0.25, 0.3) is 10.8 Å². The third-order valence-corrected chi connectivity index (χ3v) is 5.24. The molecule has 27 heavy (non-hydrogen) atoms. The van der Waals surface area contributed by atoms with Crippen LogP contribution in [0.15, 0.2) is 30.3 Å². The molecule has 2 amide bonds. The van der Waals surface area contributed by atoms with Gasteiger partial charge in [0.2, 0.25) is 6.41 Å². The van der Waals surface area contributed by atoms with Crippen molar-refractivity contribution in [2.45, 2.75) is 5.92 Å². The average Bonchev–Trinajstić information content (AvgIpc) is 3.04. The maximum atomic E-state index is 12.5. The molecular formula is C20H24ClN3O3. The van der Waals surface area contributed by atoms with Crippen molar-refractivity contribution in [2.24, 2.45) is 0 Å². The number of alkyl halides is 1. The van der Waals surface area contributed by atoms with Crippen molar-refractivity contribution in [1.82, 2.24) is 9.80 Å². The molecule has 0 bridgehead atoms. The van der Waals surface area contributed by atoms with Gasteiger partial charge in [-0.2, -0.15) is 0 Å². The number of rotatable bonds is 6. The van der Waals surface area contributed by atoms with Crippen LogP contribution in [0.5, 0.6) is 5.75 Å². The number of hydrogen-bond acceptors (Lipinski definition) is 4. The molecule has 3 rings (SSSR count). The van der Waals surface area contributed by atoms with Crippen LogP contribution < -0.4 is 9.64 Å². The summed E-state index contributed by atoms with van der Waals surface area (Å²) in [7, 11) is 5.62. The van der Waals surface area contributed by atoms with Gasteiger partial charge in [-0.05, 0) is 25.0 Å². The van der Waals surface area contributed by atoms with Gasteiger partial charge in [-0.15, -0.1) is 11.6 Å². The van der Waals surface area contributed by atoms with Gasteiger partial charge >= 0.3 is 6.09 Å². The molecule has 1 heterocycles. The molecule has 144 valence electrons. The van der Waals surface area contributed by atoms with Crippen LogP contribution in [-0.4, -0.2) is 69.0 Å². The molecule has 0 aromatic heterocycles. The quantitative estimate of drug-likeness (QED) is 0.562. The summed E-state index contributed by atoms with van der Waals surface area (Å²) in [5.41, 5.74) is 1.79. The molecule has 1 aliphatic heterocycles. The number of amides is 2. The highest BCUT2D eigenvalue weighted by Crippen LogP contribution is 2.45. The molecule has 6 nitrogen and oxygen atoms in total. The Hall–Kier alpha value is -2.31. The van der Waals surface area contributed by atoms with Crippen molar-refractivity contribution in [2.75, 3.05) is 51.6 Å². The Labute approximate surface area is 164 Å². The number of anilines is 1. The lowest BCUT2D eigenvalue weighted by atomic mass is 9.95. The molecule has 0 fully saturated rings. The first kappa shape index (κ1) is 19.5. The summed E-state index contributed by atoms with van der Waals surface area (Å²) in [6.45, 7) is 1.84. The summed E-state index contributed by atoms with van der Waals surface area (Å²) in [6.07, 6.45) is 0.376. The summed E-state index contributed by atoms with van der Waals surface area (Å²) in [6, 6.07) is 9.52. The fraction of sp³-hybridized carbons (Fsp3) is 0.400. The molecule has 0 N–H and O–H groups in total. The van der Waals surface area contributed by atoms with Gasteiger partial charge < -0.3 is 19.4 Å². The summed E-state index contributed by atoms with van der Waals surface area (Å²) < 4.78 is 5.70. The Morgan fingerprint density at radius 3 is 2.59 bits per heavy atom. The number of carbonyl (C=O) groups excluding carboxylic acids is 2. The van der Waals surface area contributed by atoms with Crippen molar-refractivity contribution in [3.63, 3.8) is 0 Å². The molecule has 2 aromatic rings. The highest BCUT2D eigenvalue weighted by Gasteiger charge is 2.31. The van der Waals surface area contributed by atoms with Gasteiger partial charge in [-0.1, -0.05) is 24.3 Å². The number of benzene rings is 2. The standard InChI is InChI=1S/C20H24ClN3O3/c1-22(2)8-9-23(3)20(26)27-18-10-17-19(14(11-21)12-24(17)13-25)16-7-5-4-6-15(16)18/h4-7,10,13-14H,8-9,11-12H2,1-3H3. The second-order valence-electron chi connectivity index (χ2n) is 7.05. The minimum atomic E-state index is -0.425. The van der Waals surface area contributed by atoms with Crippen LogP contribution in [0, 0.1) is 0 Å². The Bertz CT molecular complexity index is 856. The van der Waals surface area contributed by atoms with Gasteiger partial charge in [-0.3, -0.25) is 4.79 Å². The first-order valence-electron chi connectivity index (χ1n) is 8.87. The predicted octanol–water partition coefficient (Wildman–Crippen LogP) is 3.13. The van der Waals surface area contributed by atoms with E-state index in [-0.39, 0.29) is 5.92 Å². The lowest BCUT2D eigenvalue weighted by Gasteiger charge is -2.20. The van der Waals surface area contributed by atoms with Crippen LogP contribution in [0.3, 0.4) is 0 Å². The molecule has 2 aromatic carbocycles. The largest absolute Gasteiger partial charge is 0.415 e. The van der Waals surface area contributed by atoms with E-state index in [2.05, 4.69) is 0 Å². The maximum absolute atomic E-state index is 12.5. The fourth-order valence-corrected chi connectivity index (χ4v) is 3.62. The van der Waals surface area contributed by atoms with Gasteiger partial charge in [0, 0.05) is 49.9 Å². The number of likely N-dealkylation sites (N-methyl/N-ethyl adjacent to an activating group) is 2. The van der Waals surface area contributed by atoms with Gasteiger partial charge in [0.1, 0.15) is 5.75 Å². The van der Waals surface area contributed by atoms with Crippen LogP contribution in [-0.2, 0) is 4.79 Å². The smallest absolute Gasteiger partial charge is 0.409 e. The van der Waals surface area contributed by atoms with Crippen LogP contribution >= 0.6 is 11.6 Å². The van der Waals surface area contributed by atoms with E-state index in [9.17, 15) is 9.59 Å². The Morgan fingerprint density at radius 1 is 1.26 bits per heavy atom. The second kappa shape index (κ2) is 8.15. The predicted molar refractivity (Wildman–Crippen MR) is 108 cm³/mol. The molecule has 1 unspecified atom stereocenters. The number of carbonyl (C=O) groups is 2. The molecule has 0 saturated heterocycles. The molecule has 0 radical (unpaired) electrons. The molecule has 1 aliphatic rings. The van der Waals surface area contributed by atoms with E-state index >= 15 is 0 Å². The van der Waals surface area contributed by atoms with Crippen molar-refractivity contribution in [1.29, 1.82) is 0 Å². The minimum Gasteiger partial charge on any atom is -0.409 e. The third kappa shape index (κ3) is 3.87. The average molecular weight is 390 g/mol. The number of nitrogens with zero attached hydrogens (tertiary/aromatic N) is 3. The van der Waals surface area contributed by atoms with Crippen LogP contribution in [0.2, 0.25) is 0 Å². The maximum Gasteiger partial charge on any atom is 0.415 e. The molecule has 0 spiro atoms. The zero-order chi connectivity index (χ0) is 19.6. The second-order valence-corrected chi connectivity index (χ2v) is 7.36. The molecule has 0 saturated carbocycles. The number of fused-ring (bicyclic) bond motifs is 3. The van der Waals surface area contributed by atoms with E-state index in [0.29, 0.717) is 24.7 Å². The minimum absolute atomic E-state index is 0.0595. The first-order valence-corrected chi connectivity index (χ1v) is 9.41. The molecular weight excluding hydrogens is 366 g/mol. The highest BCUT2D eigenvalue weighted by molar-refractivity contribution is 6.19. The number of halogens is 1. The fourth-order valence-electron chi connectivity index (χ4n) is 3.37. The summed E-state index contributed by atoms with van der Waals surface area (Å²) in [4.78, 5) is 29.2. The SMILES string of the molecule is CN(C)CCN(C)C(=O)Oc1cc2c(c3ccccc13)C(CCl)CN2C=O. The summed E-state index contributed by atoms with van der Waals surface area (Å²) in [5.74, 6) is 0.936. The topological polar surface area (TPSA) is 53.1 Å². The molecule has 0 aliphatic carbocycles. The number of hydrogen-bond donors (Lipinski definition) is 0. The lowest BCUT2D eigenvalue weighted by Crippen LogP contribution is -2.35. The number of ether oxygens (including phenoxy) is 1. The van der Waals surface area contributed by atoms with Gasteiger partial charge in [0.25, 0.3) is 0 Å². The van der Waals surface area contributed by atoms with Crippen molar-refractivity contribution >= 4 is 40.6 Å². The normalized spacial score (nSPS) is 15.9. The van der Waals surface area contributed by atoms with Gasteiger partial charge in [0.05, 0.1) is 5.69 Å². The Balaban J connectivity index is 1.98. The van der Waals surface area contributed by atoms with Crippen molar-refractivity contribution < 1.29 is 14.3 Å². The monoisotopic (exact) mass is 389 g/mol. The van der Waals surface area contributed by atoms with Crippen LogP contribution in [0.1, 0.15) is 11.5 Å². The Morgan fingerprint density at radius 2 is 1.96 bits per heavy atom. The zero-order valence-electron chi connectivity index (χ0n) is 15.8. The lowest BCUT2D eigenvalue weighted by molar-refractivity contribution is -0.107. The summed E-state index contributed by atoms with van der Waals surface area (Å²) >= 11 is 6.15. The van der Waals surface area contributed by atoms with E-state index in [0.717, 1.165) is 35.0 Å².